The van der Waals surface area contributed by atoms with Crippen LogP contribution in [0.4, 0.5) is 0 Å². The van der Waals surface area contributed by atoms with Gasteiger partial charge in [0.15, 0.2) is 15.7 Å². The van der Waals surface area contributed by atoms with Crippen molar-refractivity contribution >= 4 is 15.7 Å². The number of aromatic nitrogens is 3. The molecule has 0 aliphatic carbocycles. The number of rotatable bonds is 6. The third kappa shape index (κ3) is 4.78. The first-order valence-electron chi connectivity index (χ1n) is 9.03. The highest BCUT2D eigenvalue weighted by molar-refractivity contribution is 7.91. The van der Waals surface area contributed by atoms with Gasteiger partial charge in [-0.15, -0.1) is 10.2 Å². The van der Waals surface area contributed by atoms with Crippen LogP contribution in [0.1, 0.15) is 43.8 Å². The molecule has 3 heterocycles. The van der Waals surface area contributed by atoms with E-state index in [1.165, 1.54) is 6.42 Å². The molecule has 1 aromatic rings. The lowest BCUT2D eigenvalue weighted by atomic mass is 10.2. The van der Waals surface area contributed by atoms with Crippen molar-refractivity contribution in [2.45, 2.75) is 57.7 Å². The molecule has 0 aromatic carbocycles. The van der Waals surface area contributed by atoms with E-state index in [0.717, 1.165) is 37.5 Å². The zero-order valence-electron chi connectivity index (χ0n) is 14.8. The van der Waals surface area contributed by atoms with Gasteiger partial charge in [-0.1, -0.05) is 6.42 Å². The van der Waals surface area contributed by atoms with Crippen molar-refractivity contribution in [2.75, 3.05) is 25.1 Å². The van der Waals surface area contributed by atoms with Gasteiger partial charge >= 0.3 is 0 Å². The van der Waals surface area contributed by atoms with Crippen molar-refractivity contribution in [1.82, 2.24) is 25.0 Å². The van der Waals surface area contributed by atoms with E-state index in [1.807, 2.05) is 11.9 Å². The Labute approximate surface area is 148 Å². The van der Waals surface area contributed by atoms with Crippen molar-refractivity contribution in [3.63, 3.8) is 0 Å². The highest BCUT2D eigenvalue weighted by Gasteiger charge is 2.30. The maximum absolute atomic E-state index is 12.1. The SMILES string of the molecule is CN(CCC(=O)NCc1nnc2n1CCCCC2)C1CCS(=O)(=O)C1. The summed E-state index contributed by atoms with van der Waals surface area (Å²) in [4.78, 5) is 14.1. The van der Waals surface area contributed by atoms with Crippen LogP contribution in [-0.4, -0.2) is 65.1 Å². The smallest absolute Gasteiger partial charge is 0.221 e. The minimum Gasteiger partial charge on any atom is -0.349 e. The fourth-order valence-electron chi connectivity index (χ4n) is 3.53. The average Bonchev–Trinajstić information content (AvgIpc) is 3.05. The first-order chi connectivity index (χ1) is 11.9. The Hall–Kier alpha value is -1.48. The van der Waals surface area contributed by atoms with E-state index in [4.69, 9.17) is 0 Å². The predicted octanol–water partition coefficient (Wildman–Crippen LogP) is 0.130. The molecular weight excluding hydrogens is 342 g/mol. The Balaban J connectivity index is 1.43. The summed E-state index contributed by atoms with van der Waals surface area (Å²) < 4.78 is 25.2. The summed E-state index contributed by atoms with van der Waals surface area (Å²) in [5, 5.41) is 11.3. The predicted molar refractivity (Wildman–Crippen MR) is 93.7 cm³/mol. The number of carbonyl (C=O) groups excluding carboxylic acids is 1. The normalized spacial score (nSPS) is 22.6. The molecule has 0 bridgehead atoms. The van der Waals surface area contributed by atoms with Crippen LogP contribution in [0.3, 0.4) is 0 Å². The molecule has 25 heavy (non-hydrogen) atoms. The molecule has 1 fully saturated rings. The second-order valence-corrected chi connectivity index (χ2v) is 9.29. The number of aryl methyl sites for hydroxylation is 1. The van der Waals surface area contributed by atoms with Crippen LogP contribution in [0.15, 0.2) is 0 Å². The third-order valence-electron chi connectivity index (χ3n) is 5.15. The van der Waals surface area contributed by atoms with Gasteiger partial charge in [0.05, 0.1) is 18.1 Å². The average molecular weight is 369 g/mol. The maximum Gasteiger partial charge on any atom is 0.221 e. The standard InChI is InChI=1S/C16H27N5O3S/c1-20(13-7-10-25(23,24)12-13)9-6-16(22)17-11-15-19-18-14-5-3-2-4-8-21(14)15/h13H,2-12H2,1H3,(H,17,22). The molecule has 9 heteroatoms. The Morgan fingerprint density at radius 3 is 2.92 bits per heavy atom. The molecular formula is C16H27N5O3S. The second kappa shape index (κ2) is 7.82. The Kier molecular flexibility index (Phi) is 5.73. The molecule has 0 radical (unpaired) electrons. The van der Waals surface area contributed by atoms with Crippen molar-refractivity contribution in [3.05, 3.63) is 11.6 Å². The lowest BCUT2D eigenvalue weighted by molar-refractivity contribution is -0.121. The van der Waals surface area contributed by atoms with Crippen LogP contribution in [0.2, 0.25) is 0 Å². The molecule has 1 aromatic heterocycles. The summed E-state index contributed by atoms with van der Waals surface area (Å²) >= 11 is 0. The zero-order chi connectivity index (χ0) is 17.9. The minimum absolute atomic E-state index is 0.0325. The van der Waals surface area contributed by atoms with Gasteiger partial charge in [0.25, 0.3) is 0 Å². The topological polar surface area (TPSA) is 97.2 Å². The van der Waals surface area contributed by atoms with E-state index in [2.05, 4.69) is 20.1 Å². The molecule has 1 amide bonds. The number of nitrogens with zero attached hydrogens (tertiary/aromatic N) is 4. The largest absolute Gasteiger partial charge is 0.349 e. The third-order valence-corrected chi connectivity index (χ3v) is 6.90. The quantitative estimate of drug-likeness (QED) is 0.765. The van der Waals surface area contributed by atoms with Gasteiger partial charge in [-0.2, -0.15) is 0 Å². The van der Waals surface area contributed by atoms with Crippen LogP contribution in [0.5, 0.6) is 0 Å². The molecule has 1 atom stereocenters. The van der Waals surface area contributed by atoms with E-state index in [1.54, 1.807) is 0 Å². The molecule has 0 spiro atoms. The van der Waals surface area contributed by atoms with E-state index in [9.17, 15) is 13.2 Å². The Morgan fingerprint density at radius 2 is 2.16 bits per heavy atom. The van der Waals surface area contributed by atoms with Crippen molar-refractivity contribution in [1.29, 1.82) is 0 Å². The van der Waals surface area contributed by atoms with Gasteiger partial charge in [0.2, 0.25) is 5.91 Å². The molecule has 3 rings (SSSR count). The molecule has 1 N–H and O–H groups in total. The zero-order valence-corrected chi connectivity index (χ0v) is 15.6. The van der Waals surface area contributed by atoms with E-state index in [-0.39, 0.29) is 23.5 Å². The van der Waals surface area contributed by atoms with Gasteiger partial charge in [-0.25, -0.2) is 8.42 Å². The van der Waals surface area contributed by atoms with Crippen LogP contribution in [-0.2, 0) is 34.1 Å². The van der Waals surface area contributed by atoms with Crippen molar-refractivity contribution in [2.24, 2.45) is 0 Å². The summed E-state index contributed by atoms with van der Waals surface area (Å²) in [7, 11) is -1.00. The van der Waals surface area contributed by atoms with E-state index < -0.39 is 9.84 Å². The molecule has 2 aliphatic heterocycles. The van der Waals surface area contributed by atoms with Gasteiger partial charge < -0.3 is 14.8 Å². The van der Waals surface area contributed by atoms with Crippen molar-refractivity contribution < 1.29 is 13.2 Å². The summed E-state index contributed by atoms with van der Waals surface area (Å²) in [6.45, 7) is 1.88. The molecule has 2 aliphatic rings. The lowest BCUT2D eigenvalue weighted by Gasteiger charge is -2.22. The molecule has 140 valence electrons. The monoisotopic (exact) mass is 369 g/mol. The number of hydrogen-bond donors (Lipinski definition) is 1. The number of hydrogen-bond acceptors (Lipinski definition) is 6. The number of fused-ring (bicyclic) bond motifs is 1. The summed E-state index contributed by atoms with van der Waals surface area (Å²) in [6, 6.07) is 0.0325. The summed E-state index contributed by atoms with van der Waals surface area (Å²) in [5.74, 6) is 2.26. The summed E-state index contributed by atoms with van der Waals surface area (Å²) in [6.07, 6.45) is 5.45. The van der Waals surface area contributed by atoms with Gasteiger partial charge in [-0.3, -0.25) is 4.79 Å². The van der Waals surface area contributed by atoms with Crippen LogP contribution >= 0.6 is 0 Å². The molecule has 8 nitrogen and oxygen atoms in total. The van der Waals surface area contributed by atoms with E-state index in [0.29, 0.717) is 25.9 Å². The minimum atomic E-state index is -2.89. The Morgan fingerprint density at radius 1 is 1.32 bits per heavy atom. The highest BCUT2D eigenvalue weighted by Crippen LogP contribution is 2.17. The fourth-order valence-corrected chi connectivity index (χ4v) is 5.33. The molecule has 1 unspecified atom stereocenters. The first-order valence-corrected chi connectivity index (χ1v) is 10.8. The highest BCUT2D eigenvalue weighted by atomic mass is 32.2. The Bertz CT molecular complexity index is 715. The lowest BCUT2D eigenvalue weighted by Crippen LogP contribution is -2.36. The van der Waals surface area contributed by atoms with Gasteiger partial charge in [0.1, 0.15) is 5.82 Å². The summed E-state index contributed by atoms with van der Waals surface area (Å²) in [5.41, 5.74) is 0. The fraction of sp³-hybridized carbons (Fsp3) is 0.812. The first kappa shape index (κ1) is 18.3. The number of amides is 1. The van der Waals surface area contributed by atoms with Crippen LogP contribution < -0.4 is 5.32 Å². The number of sulfone groups is 1. The molecule has 0 saturated carbocycles. The second-order valence-electron chi connectivity index (χ2n) is 7.06. The number of nitrogens with one attached hydrogen (secondary N) is 1. The van der Waals surface area contributed by atoms with Gasteiger partial charge in [0, 0.05) is 32.0 Å². The van der Waals surface area contributed by atoms with E-state index >= 15 is 0 Å². The van der Waals surface area contributed by atoms with Gasteiger partial charge in [-0.05, 0) is 26.3 Å². The maximum atomic E-state index is 12.1. The molecule has 1 saturated heterocycles. The van der Waals surface area contributed by atoms with Crippen molar-refractivity contribution in [3.8, 4) is 0 Å². The van der Waals surface area contributed by atoms with Crippen LogP contribution in [0.25, 0.3) is 0 Å². The number of carbonyl (C=O) groups is 1. The van der Waals surface area contributed by atoms with Crippen LogP contribution in [0, 0.1) is 0 Å².